The van der Waals surface area contributed by atoms with Crippen LogP contribution in [0.4, 0.5) is 0 Å². The highest BCUT2D eigenvalue weighted by Gasteiger charge is 2.18. The Balaban J connectivity index is 2.24. The number of nitrogens with zero attached hydrogens (tertiary/aromatic N) is 1. The lowest BCUT2D eigenvalue weighted by molar-refractivity contribution is -0.134. The molecule has 1 aromatic rings. The Bertz CT molecular complexity index is 367. The van der Waals surface area contributed by atoms with Gasteiger partial charge in [-0.2, -0.15) is 0 Å². The fourth-order valence-corrected chi connectivity index (χ4v) is 1.92. The molecule has 4 heteroatoms. The Morgan fingerprint density at radius 3 is 3.08 bits per heavy atom. The first-order valence-electron chi connectivity index (χ1n) is 4.05. The van der Waals surface area contributed by atoms with Crippen LogP contribution in [0.1, 0.15) is 17.1 Å². The topological polar surface area (TPSA) is 39.2 Å². The second-order valence-corrected chi connectivity index (χ2v) is 3.77. The van der Waals surface area contributed by atoms with E-state index in [0.717, 1.165) is 16.3 Å². The Hall–Kier alpha value is -1.16. The summed E-state index contributed by atoms with van der Waals surface area (Å²) in [6.07, 6.45) is 2.52. The molecule has 1 aliphatic rings. The van der Waals surface area contributed by atoms with Crippen LogP contribution in [-0.4, -0.2) is 17.6 Å². The van der Waals surface area contributed by atoms with E-state index in [1.807, 2.05) is 18.4 Å². The number of thiazole rings is 1. The van der Waals surface area contributed by atoms with Gasteiger partial charge in [-0.05, 0) is 13.0 Å². The van der Waals surface area contributed by atoms with E-state index in [-0.39, 0.29) is 5.97 Å². The van der Waals surface area contributed by atoms with Crippen molar-refractivity contribution in [3.63, 3.8) is 0 Å². The quantitative estimate of drug-likeness (QED) is 0.506. The Kier molecular flexibility index (Phi) is 2.14. The standard InChI is InChI=1S/C9H9NO2S/c1-6-5-13-8(10-6)4-7-2-3-12-9(7)11/h4-5H,2-3H2,1H3. The number of aromatic nitrogens is 1. The molecule has 68 valence electrons. The maximum atomic E-state index is 11.1. The minimum atomic E-state index is -0.201. The van der Waals surface area contributed by atoms with Gasteiger partial charge in [-0.15, -0.1) is 11.3 Å². The lowest BCUT2D eigenvalue weighted by Crippen LogP contribution is -1.93. The summed E-state index contributed by atoms with van der Waals surface area (Å²) in [5.41, 5.74) is 1.72. The third-order valence-electron chi connectivity index (χ3n) is 1.80. The van der Waals surface area contributed by atoms with Crippen LogP contribution in [0.3, 0.4) is 0 Å². The number of hydrogen-bond donors (Lipinski definition) is 0. The molecule has 0 N–H and O–H groups in total. The van der Waals surface area contributed by atoms with Crippen LogP contribution in [0.2, 0.25) is 0 Å². The molecule has 0 radical (unpaired) electrons. The van der Waals surface area contributed by atoms with Crippen molar-refractivity contribution < 1.29 is 9.53 Å². The summed E-state index contributed by atoms with van der Waals surface area (Å²) in [6.45, 7) is 2.44. The number of carbonyl (C=O) groups is 1. The summed E-state index contributed by atoms with van der Waals surface area (Å²) < 4.78 is 4.81. The molecular weight excluding hydrogens is 186 g/mol. The van der Waals surface area contributed by atoms with Gasteiger partial charge < -0.3 is 4.74 Å². The summed E-state index contributed by atoms with van der Waals surface area (Å²) >= 11 is 1.54. The van der Waals surface area contributed by atoms with Gasteiger partial charge in [0.15, 0.2) is 0 Å². The smallest absolute Gasteiger partial charge is 0.334 e. The molecule has 0 atom stereocenters. The lowest BCUT2D eigenvalue weighted by atomic mass is 10.2. The molecule has 0 bridgehead atoms. The molecule has 2 heterocycles. The Labute approximate surface area is 80.1 Å². The summed E-state index contributed by atoms with van der Waals surface area (Å²) in [4.78, 5) is 15.3. The van der Waals surface area contributed by atoms with Crippen LogP contribution >= 0.6 is 11.3 Å². The monoisotopic (exact) mass is 195 g/mol. The molecule has 1 fully saturated rings. The van der Waals surface area contributed by atoms with E-state index in [2.05, 4.69) is 4.98 Å². The number of rotatable bonds is 1. The highest BCUT2D eigenvalue weighted by atomic mass is 32.1. The van der Waals surface area contributed by atoms with Gasteiger partial charge in [0.1, 0.15) is 5.01 Å². The van der Waals surface area contributed by atoms with Gasteiger partial charge in [-0.1, -0.05) is 0 Å². The van der Waals surface area contributed by atoms with Gasteiger partial charge in [0, 0.05) is 23.1 Å². The third kappa shape index (κ3) is 1.78. The Morgan fingerprint density at radius 1 is 1.69 bits per heavy atom. The zero-order valence-electron chi connectivity index (χ0n) is 7.24. The molecule has 0 aliphatic carbocycles. The average Bonchev–Trinajstić information content (AvgIpc) is 2.64. The van der Waals surface area contributed by atoms with Crippen molar-refractivity contribution in [2.45, 2.75) is 13.3 Å². The molecule has 0 saturated carbocycles. The predicted octanol–water partition coefficient (Wildman–Crippen LogP) is 1.78. The van der Waals surface area contributed by atoms with Crippen molar-refractivity contribution in [3.05, 3.63) is 21.7 Å². The van der Waals surface area contributed by atoms with Crippen molar-refractivity contribution in [2.75, 3.05) is 6.61 Å². The molecule has 0 spiro atoms. The minimum Gasteiger partial charge on any atom is -0.462 e. The summed E-state index contributed by atoms with van der Waals surface area (Å²) in [5.74, 6) is -0.201. The fraction of sp³-hybridized carbons (Fsp3) is 0.333. The SMILES string of the molecule is Cc1csc(C=C2CCOC2=O)n1. The van der Waals surface area contributed by atoms with E-state index in [1.165, 1.54) is 0 Å². The van der Waals surface area contributed by atoms with Crippen molar-refractivity contribution >= 4 is 23.4 Å². The minimum absolute atomic E-state index is 0.201. The molecular formula is C9H9NO2S. The predicted molar refractivity (Wildman–Crippen MR) is 50.4 cm³/mol. The number of carbonyl (C=O) groups excluding carboxylic acids is 1. The lowest BCUT2D eigenvalue weighted by Gasteiger charge is -1.88. The summed E-state index contributed by atoms with van der Waals surface area (Å²) in [5, 5.41) is 2.85. The van der Waals surface area contributed by atoms with Crippen LogP contribution in [0.5, 0.6) is 0 Å². The second kappa shape index (κ2) is 3.30. The van der Waals surface area contributed by atoms with Gasteiger partial charge in [0.25, 0.3) is 0 Å². The molecule has 0 aromatic carbocycles. The van der Waals surface area contributed by atoms with Gasteiger partial charge in [-0.25, -0.2) is 9.78 Å². The fourth-order valence-electron chi connectivity index (χ4n) is 1.17. The van der Waals surface area contributed by atoms with Crippen LogP contribution in [0.25, 0.3) is 6.08 Å². The number of aryl methyl sites for hydroxylation is 1. The molecule has 2 rings (SSSR count). The zero-order chi connectivity index (χ0) is 9.26. The van der Waals surface area contributed by atoms with Crippen molar-refractivity contribution in [2.24, 2.45) is 0 Å². The van der Waals surface area contributed by atoms with Crippen molar-refractivity contribution in [3.8, 4) is 0 Å². The number of hydrogen-bond acceptors (Lipinski definition) is 4. The molecule has 1 aromatic heterocycles. The normalized spacial score (nSPS) is 19.5. The van der Waals surface area contributed by atoms with Crippen LogP contribution in [-0.2, 0) is 9.53 Å². The van der Waals surface area contributed by atoms with Crippen molar-refractivity contribution in [1.29, 1.82) is 0 Å². The number of ether oxygens (including phenoxy) is 1. The molecule has 0 unspecified atom stereocenters. The molecule has 1 aliphatic heterocycles. The van der Waals surface area contributed by atoms with E-state index >= 15 is 0 Å². The first-order valence-corrected chi connectivity index (χ1v) is 4.93. The van der Waals surface area contributed by atoms with Gasteiger partial charge in [-0.3, -0.25) is 0 Å². The Morgan fingerprint density at radius 2 is 2.54 bits per heavy atom. The summed E-state index contributed by atoms with van der Waals surface area (Å²) in [7, 11) is 0. The highest BCUT2D eigenvalue weighted by molar-refractivity contribution is 7.10. The molecule has 13 heavy (non-hydrogen) atoms. The maximum Gasteiger partial charge on any atom is 0.334 e. The average molecular weight is 195 g/mol. The van der Waals surface area contributed by atoms with E-state index in [1.54, 1.807) is 11.3 Å². The van der Waals surface area contributed by atoms with Crippen molar-refractivity contribution in [1.82, 2.24) is 4.98 Å². The van der Waals surface area contributed by atoms with Gasteiger partial charge in [0.05, 0.1) is 6.61 Å². The van der Waals surface area contributed by atoms with E-state index in [9.17, 15) is 4.79 Å². The molecule has 0 amide bonds. The second-order valence-electron chi connectivity index (χ2n) is 2.88. The largest absolute Gasteiger partial charge is 0.462 e. The van der Waals surface area contributed by atoms with E-state index in [0.29, 0.717) is 13.0 Å². The molecule has 1 saturated heterocycles. The van der Waals surface area contributed by atoms with Gasteiger partial charge in [0.2, 0.25) is 0 Å². The first kappa shape index (κ1) is 8.44. The maximum absolute atomic E-state index is 11.1. The van der Waals surface area contributed by atoms with Crippen LogP contribution in [0.15, 0.2) is 11.0 Å². The zero-order valence-corrected chi connectivity index (χ0v) is 8.06. The number of cyclic esters (lactones) is 1. The van der Waals surface area contributed by atoms with E-state index < -0.39 is 0 Å². The highest BCUT2D eigenvalue weighted by Crippen LogP contribution is 2.19. The molecule has 3 nitrogen and oxygen atoms in total. The van der Waals surface area contributed by atoms with Gasteiger partial charge >= 0.3 is 5.97 Å². The third-order valence-corrected chi connectivity index (χ3v) is 2.71. The number of esters is 1. The van der Waals surface area contributed by atoms with Crippen LogP contribution in [0, 0.1) is 6.92 Å². The van der Waals surface area contributed by atoms with E-state index in [4.69, 9.17) is 4.74 Å². The first-order chi connectivity index (χ1) is 6.25. The summed E-state index contributed by atoms with van der Waals surface area (Å²) in [6, 6.07) is 0. The van der Waals surface area contributed by atoms with Crippen LogP contribution < -0.4 is 0 Å².